The first-order valence-electron chi connectivity index (χ1n) is 6.49. The first-order valence-corrected chi connectivity index (χ1v) is 7.28. The van der Waals surface area contributed by atoms with Crippen LogP contribution < -0.4 is 5.32 Å². The van der Waals surface area contributed by atoms with Crippen LogP contribution in [0.2, 0.25) is 0 Å². The van der Waals surface area contributed by atoms with Gasteiger partial charge in [-0.1, -0.05) is 35.3 Å². The molecule has 1 fully saturated rings. The molecule has 0 unspecified atom stereocenters. The van der Waals surface area contributed by atoms with E-state index < -0.39 is 0 Å². The van der Waals surface area contributed by atoms with Crippen molar-refractivity contribution in [3.63, 3.8) is 0 Å². The smallest absolute Gasteiger partial charge is 0.231 e. The van der Waals surface area contributed by atoms with E-state index >= 15 is 0 Å². The minimum absolute atomic E-state index is 0.0778. The van der Waals surface area contributed by atoms with Gasteiger partial charge in [0.1, 0.15) is 6.17 Å². The van der Waals surface area contributed by atoms with E-state index in [-0.39, 0.29) is 18.0 Å². The predicted octanol–water partition coefficient (Wildman–Crippen LogP) is 3.14. The average Bonchev–Trinajstić information content (AvgIpc) is 2.69. The van der Waals surface area contributed by atoms with Gasteiger partial charge in [0.25, 0.3) is 0 Å². The van der Waals surface area contributed by atoms with Gasteiger partial charge in [-0.05, 0) is 24.6 Å². The lowest BCUT2D eigenvalue weighted by Gasteiger charge is -2.27. The largest absolute Gasteiger partial charge is 0.365 e. The van der Waals surface area contributed by atoms with Crippen LogP contribution in [0.3, 0.4) is 0 Å². The monoisotopic (exact) mass is 324 g/mol. The van der Waals surface area contributed by atoms with Crippen LogP contribution in [0.15, 0.2) is 28.7 Å². The number of amides is 2. The van der Waals surface area contributed by atoms with E-state index in [1.54, 1.807) is 0 Å². The summed E-state index contributed by atoms with van der Waals surface area (Å²) in [4.78, 5) is 25.0. The molecule has 1 aromatic carbocycles. The summed E-state index contributed by atoms with van der Waals surface area (Å²) in [7, 11) is 0. The van der Waals surface area contributed by atoms with Crippen molar-refractivity contribution in [3.05, 3.63) is 28.7 Å². The SMILES string of the molecule is CCC[C@H](Nc1cccc(Br)c1)N1C(=O)CCC1=O. The van der Waals surface area contributed by atoms with Crippen molar-refractivity contribution in [2.24, 2.45) is 0 Å². The Hall–Kier alpha value is -1.36. The molecule has 0 radical (unpaired) electrons. The van der Waals surface area contributed by atoms with Crippen molar-refractivity contribution in [2.45, 2.75) is 38.8 Å². The first-order chi connectivity index (χ1) is 9.11. The van der Waals surface area contributed by atoms with Gasteiger partial charge in [-0.3, -0.25) is 14.5 Å². The molecule has 102 valence electrons. The summed E-state index contributed by atoms with van der Waals surface area (Å²) in [5.74, 6) is -0.156. The topological polar surface area (TPSA) is 49.4 Å². The minimum atomic E-state index is -0.248. The second-order valence-electron chi connectivity index (χ2n) is 4.62. The van der Waals surface area contributed by atoms with Gasteiger partial charge in [-0.15, -0.1) is 0 Å². The third-order valence-corrected chi connectivity index (χ3v) is 3.62. The van der Waals surface area contributed by atoms with Crippen LogP contribution in [0, 0.1) is 0 Å². The fourth-order valence-corrected chi connectivity index (χ4v) is 2.65. The first kappa shape index (κ1) is 14.1. The van der Waals surface area contributed by atoms with Crippen LogP contribution in [-0.2, 0) is 9.59 Å². The van der Waals surface area contributed by atoms with Crippen LogP contribution >= 0.6 is 15.9 Å². The zero-order valence-electron chi connectivity index (χ0n) is 10.9. The molecule has 2 amide bonds. The molecule has 0 aliphatic carbocycles. The molecule has 4 nitrogen and oxygen atoms in total. The van der Waals surface area contributed by atoms with Gasteiger partial charge < -0.3 is 5.32 Å². The molecule has 0 aromatic heterocycles. The number of nitrogens with one attached hydrogen (secondary N) is 1. The number of nitrogens with zero attached hydrogens (tertiary/aromatic N) is 1. The summed E-state index contributed by atoms with van der Waals surface area (Å²) in [6.07, 6.45) is 2.08. The summed E-state index contributed by atoms with van der Waals surface area (Å²) in [5.41, 5.74) is 0.903. The Morgan fingerprint density at radius 3 is 2.58 bits per heavy atom. The van der Waals surface area contributed by atoms with Gasteiger partial charge in [-0.25, -0.2) is 0 Å². The second-order valence-corrected chi connectivity index (χ2v) is 5.53. The average molecular weight is 325 g/mol. The molecule has 1 atom stereocenters. The van der Waals surface area contributed by atoms with E-state index in [0.29, 0.717) is 12.8 Å². The molecular weight excluding hydrogens is 308 g/mol. The molecule has 0 spiro atoms. The van der Waals surface area contributed by atoms with E-state index in [0.717, 1.165) is 23.0 Å². The Labute approximate surface area is 121 Å². The third kappa shape index (κ3) is 3.35. The van der Waals surface area contributed by atoms with Crippen molar-refractivity contribution in [1.82, 2.24) is 4.90 Å². The molecule has 0 saturated carbocycles. The Morgan fingerprint density at radius 1 is 1.32 bits per heavy atom. The van der Waals surface area contributed by atoms with Gasteiger partial charge in [0.05, 0.1) is 0 Å². The number of hydrogen-bond donors (Lipinski definition) is 1. The fraction of sp³-hybridized carbons (Fsp3) is 0.429. The number of anilines is 1. The summed E-state index contributed by atoms with van der Waals surface area (Å²) >= 11 is 3.41. The number of likely N-dealkylation sites (tertiary alicyclic amines) is 1. The van der Waals surface area contributed by atoms with E-state index in [2.05, 4.69) is 21.2 Å². The van der Waals surface area contributed by atoms with Crippen molar-refractivity contribution in [3.8, 4) is 0 Å². The van der Waals surface area contributed by atoms with Gasteiger partial charge in [0, 0.05) is 23.0 Å². The number of imide groups is 1. The zero-order chi connectivity index (χ0) is 13.8. The highest BCUT2D eigenvalue weighted by atomic mass is 79.9. The van der Waals surface area contributed by atoms with E-state index in [1.165, 1.54) is 4.90 Å². The Balaban J connectivity index is 2.16. The van der Waals surface area contributed by atoms with Crippen LogP contribution in [0.1, 0.15) is 32.6 Å². The quantitative estimate of drug-likeness (QED) is 0.846. The lowest BCUT2D eigenvalue weighted by atomic mass is 10.2. The van der Waals surface area contributed by atoms with Gasteiger partial charge >= 0.3 is 0 Å². The van der Waals surface area contributed by atoms with Crippen LogP contribution in [-0.4, -0.2) is 22.9 Å². The molecule has 5 heteroatoms. The fourth-order valence-electron chi connectivity index (χ4n) is 2.25. The highest BCUT2D eigenvalue weighted by Gasteiger charge is 2.34. The number of halogens is 1. The standard InChI is InChI=1S/C14H17BrN2O2/c1-2-4-12(17-13(18)7-8-14(17)19)16-11-6-3-5-10(15)9-11/h3,5-6,9,12,16H,2,4,7-8H2,1H3/t12-/m1/s1. The summed E-state index contributed by atoms with van der Waals surface area (Å²) < 4.78 is 0.965. The van der Waals surface area contributed by atoms with E-state index in [4.69, 9.17) is 0 Å². The molecule has 1 aromatic rings. The lowest BCUT2D eigenvalue weighted by Crippen LogP contribution is -2.44. The summed E-state index contributed by atoms with van der Waals surface area (Å²) in [6, 6.07) is 7.72. The molecule has 1 aliphatic heterocycles. The lowest BCUT2D eigenvalue weighted by molar-refractivity contribution is -0.140. The zero-order valence-corrected chi connectivity index (χ0v) is 12.4. The van der Waals surface area contributed by atoms with E-state index in [9.17, 15) is 9.59 Å². The highest BCUT2D eigenvalue weighted by molar-refractivity contribution is 9.10. The van der Waals surface area contributed by atoms with E-state index in [1.807, 2.05) is 31.2 Å². The normalized spacial score (nSPS) is 16.8. The van der Waals surface area contributed by atoms with Crippen LogP contribution in [0.25, 0.3) is 0 Å². The third-order valence-electron chi connectivity index (χ3n) is 3.12. The summed E-state index contributed by atoms with van der Waals surface area (Å²) in [5, 5.41) is 3.28. The summed E-state index contributed by atoms with van der Waals surface area (Å²) in [6.45, 7) is 2.04. The maximum absolute atomic E-state index is 11.8. The number of rotatable bonds is 5. The molecule has 1 N–H and O–H groups in total. The maximum atomic E-state index is 11.8. The highest BCUT2D eigenvalue weighted by Crippen LogP contribution is 2.22. The molecule has 1 aliphatic rings. The second kappa shape index (κ2) is 6.19. The van der Waals surface area contributed by atoms with Gasteiger partial charge in [0.15, 0.2) is 0 Å². The molecule has 1 heterocycles. The molecule has 0 bridgehead atoms. The molecule has 1 saturated heterocycles. The Morgan fingerprint density at radius 2 is 2.00 bits per heavy atom. The number of carbonyl (C=O) groups is 2. The predicted molar refractivity (Wildman–Crippen MR) is 77.5 cm³/mol. The van der Waals surface area contributed by atoms with Gasteiger partial charge in [0.2, 0.25) is 11.8 Å². The van der Waals surface area contributed by atoms with Gasteiger partial charge in [-0.2, -0.15) is 0 Å². The minimum Gasteiger partial charge on any atom is -0.365 e. The van der Waals surface area contributed by atoms with Crippen molar-refractivity contribution >= 4 is 33.4 Å². The molecular formula is C14H17BrN2O2. The van der Waals surface area contributed by atoms with Crippen molar-refractivity contribution in [2.75, 3.05) is 5.32 Å². The Kier molecular flexibility index (Phi) is 4.58. The number of carbonyl (C=O) groups excluding carboxylic acids is 2. The molecule has 2 rings (SSSR count). The van der Waals surface area contributed by atoms with Crippen LogP contribution in [0.4, 0.5) is 5.69 Å². The van der Waals surface area contributed by atoms with Crippen LogP contribution in [0.5, 0.6) is 0 Å². The number of hydrogen-bond acceptors (Lipinski definition) is 3. The maximum Gasteiger partial charge on any atom is 0.231 e. The molecule has 19 heavy (non-hydrogen) atoms. The van der Waals surface area contributed by atoms with Crippen molar-refractivity contribution < 1.29 is 9.59 Å². The Bertz CT molecular complexity index is 474. The van der Waals surface area contributed by atoms with Crippen molar-refractivity contribution in [1.29, 1.82) is 0 Å². The number of benzene rings is 1.